The molecular weight excluding hydrogens is 350 g/mol. The molecule has 3 aromatic rings. The number of hydrogen-bond acceptors (Lipinski definition) is 5. The van der Waals surface area contributed by atoms with E-state index >= 15 is 0 Å². The van der Waals surface area contributed by atoms with Crippen LogP contribution in [0.5, 0.6) is 11.5 Å². The number of fused-ring (bicyclic) bond motifs is 2. The molecule has 1 aliphatic rings. The molecule has 0 saturated carbocycles. The molecule has 0 saturated heterocycles. The van der Waals surface area contributed by atoms with Crippen LogP contribution in [0.3, 0.4) is 0 Å². The van der Waals surface area contributed by atoms with E-state index in [1.54, 1.807) is 11.3 Å². The largest absolute Gasteiger partial charge is 0.486 e. The molecule has 0 amide bonds. The van der Waals surface area contributed by atoms with Crippen molar-refractivity contribution in [2.24, 2.45) is 4.99 Å². The summed E-state index contributed by atoms with van der Waals surface area (Å²) >= 11 is 1.62. The molecule has 0 fully saturated rings. The Morgan fingerprint density at radius 1 is 1.35 bits per heavy atom. The zero-order valence-electron chi connectivity index (χ0n) is 14.5. The van der Waals surface area contributed by atoms with Crippen molar-refractivity contribution < 1.29 is 9.47 Å². The number of aliphatic imine (C=N–C) groups is 1. The summed E-state index contributed by atoms with van der Waals surface area (Å²) in [6, 6.07) is 7.72. The lowest BCUT2D eigenvalue weighted by Crippen LogP contribution is -2.45. The molecule has 2 N–H and O–H groups in total. The number of rotatable bonds is 5. The topological polar surface area (TPSA) is 72.2 Å². The van der Waals surface area contributed by atoms with E-state index in [1.165, 1.54) is 0 Å². The Bertz CT molecular complexity index is 875. The van der Waals surface area contributed by atoms with Gasteiger partial charge in [0.05, 0.1) is 18.8 Å². The fourth-order valence-electron chi connectivity index (χ4n) is 2.73. The third-order valence-electron chi connectivity index (χ3n) is 3.95. The van der Waals surface area contributed by atoms with Crippen LogP contribution in [0.4, 0.5) is 0 Å². The summed E-state index contributed by atoms with van der Waals surface area (Å²) in [4.78, 5) is 10.2. The van der Waals surface area contributed by atoms with Gasteiger partial charge in [-0.1, -0.05) is 12.1 Å². The lowest BCUT2D eigenvalue weighted by Gasteiger charge is -2.27. The van der Waals surface area contributed by atoms with Crippen LogP contribution in [0.25, 0.3) is 4.96 Å². The molecule has 136 valence electrons. The van der Waals surface area contributed by atoms with Crippen LogP contribution in [0.15, 0.2) is 47.0 Å². The van der Waals surface area contributed by atoms with Gasteiger partial charge in [0, 0.05) is 24.3 Å². The number of thiazole rings is 1. The van der Waals surface area contributed by atoms with E-state index in [9.17, 15) is 0 Å². The van der Waals surface area contributed by atoms with Crippen LogP contribution in [-0.4, -0.2) is 41.1 Å². The fraction of sp³-hybridized carbons (Fsp3) is 0.333. The third-order valence-corrected chi connectivity index (χ3v) is 4.72. The zero-order valence-corrected chi connectivity index (χ0v) is 15.3. The fourth-order valence-corrected chi connectivity index (χ4v) is 3.45. The van der Waals surface area contributed by atoms with Crippen LogP contribution in [0.1, 0.15) is 12.6 Å². The summed E-state index contributed by atoms with van der Waals surface area (Å²) in [5.74, 6) is 2.32. The van der Waals surface area contributed by atoms with Gasteiger partial charge in [-0.15, -0.1) is 11.3 Å². The Morgan fingerprint density at radius 2 is 2.23 bits per heavy atom. The van der Waals surface area contributed by atoms with Gasteiger partial charge in [0.1, 0.15) is 12.7 Å². The number of nitrogens with one attached hydrogen (secondary N) is 2. The minimum atomic E-state index is -0.0632. The lowest BCUT2D eigenvalue weighted by atomic mass is 10.2. The molecule has 0 bridgehead atoms. The number of para-hydroxylation sites is 2. The Labute approximate surface area is 155 Å². The monoisotopic (exact) mass is 371 g/mol. The highest BCUT2D eigenvalue weighted by atomic mass is 32.1. The molecule has 0 aliphatic carbocycles. The molecule has 2 aromatic heterocycles. The Hall–Kier alpha value is -2.74. The number of hydrogen-bond donors (Lipinski definition) is 2. The molecule has 1 aliphatic heterocycles. The first-order valence-electron chi connectivity index (χ1n) is 8.63. The van der Waals surface area contributed by atoms with Crippen LogP contribution >= 0.6 is 11.3 Å². The standard InChI is InChI=1S/C18H21N5O2S/c1-2-19-17(20-9-13-11-23-7-8-26-18(23)22-13)21-10-14-12-24-15-5-3-4-6-16(15)25-14/h3-8,11,14H,2,9-10,12H2,1H3,(H2,19,20,21). The second kappa shape index (κ2) is 7.65. The molecular formula is C18H21N5O2S. The van der Waals surface area contributed by atoms with Crippen molar-refractivity contribution in [3.05, 3.63) is 47.7 Å². The Balaban J connectivity index is 1.35. The summed E-state index contributed by atoms with van der Waals surface area (Å²) in [5, 5.41) is 8.59. The lowest BCUT2D eigenvalue weighted by molar-refractivity contribution is 0.0936. The van der Waals surface area contributed by atoms with Gasteiger partial charge >= 0.3 is 0 Å². The first-order chi connectivity index (χ1) is 12.8. The third kappa shape index (κ3) is 3.75. The highest BCUT2D eigenvalue weighted by Crippen LogP contribution is 2.30. The van der Waals surface area contributed by atoms with Crippen molar-refractivity contribution >= 4 is 22.3 Å². The predicted molar refractivity (Wildman–Crippen MR) is 102 cm³/mol. The molecule has 8 heteroatoms. The van der Waals surface area contributed by atoms with Gasteiger partial charge in [-0.2, -0.15) is 0 Å². The van der Waals surface area contributed by atoms with E-state index < -0.39 is 0 Å². The van der Waals surface area contributed by atoms with Gasteiger partial charge in [0.15, 0.2) is 22.4 Å². The average molecular weight is 371 g/mol. The Kier molecular flexibility index (Phi) is 4.92. The normalized spacial score (nSPS) is 16.7. The molecule has 26 heavy (non-hydrogen) atoms. The second-order valence-corrected chi connectivity index (χ2v) is 6.77. The number of benzene rings is 1. The van der Waals surface area contributed by atoms with Crippen molar-refractivity contribution in [2.45, 2.75) is 19.6 Å². The molecule has 1 aromatic carbocycles. The van der Waals surface area contributed by atoms with Gasteiger partial charge in [-0.05, 0) is 19.1 Å². The minimum Gasteiger partial charge on any atom is -0.486 e. The van der Waals surface area contributed by atoms with Gasteiger partial charge in [-0.3, -0.25) is 4.40 Å². The van der Waals surface area contributed by atoms with E-state index in [2.05, 4.69) is 20.6 Å². The number of guanidine groups is 1. The summed E-state index contributed by atoms with van der Waals surface area (Å²) in [7, 11) is 0. The minimum absolute atomic E-state index is 0.0632. The van der Waals surface area contributed by atoms with Crippen LogP contribution in [-0.2, 0) is 6.54 Å². The van der Waals surface area contributed by atoms with E-state index in [-0.39, 0.29) is 6.10 Å². The average Bonchev–Trinajstić information content (AvgIpc) is 3.25. The maximum atomic E-state index is 5.97. The quantitative estimate of drug-likeness (QED) is 0.532. The summed E-state index contributed by atoms with van der Waals surface area (Å²) in [6.07, 6.45) is 3.95. The number of imidazole rings is 1. The van der Waals surface area contributed by atoms with Crippen molar-refractivity contribution in [3.8, 4) is 11.5 Å². The molecule has 7 nitrogen and oxygen atoms in total. The molecule has 0 radical (unpaired) electrons. The van der Waals surface area contributed by atoms with Gasteiger partial charge in [0.2, 0.25) is 0 Å². The van der Waals surface area contributed by atoms with Crippen molar-refractivity contribution in [1.29, 1.82) is 0 Å². The maximum absolute atomic E-state index is 5.97. The van der Waals surface area contributed by atoms with Crippen LogP contribution in [0, 0.1) is 0 Å². The first-order valence-corrected chi connectivity index (χ1v) is 9.51. The van der Waals surface area contributed by atoms with Crippen LogP contribution < -0.4 is 20.1 Å². The second-order valence-electron chi connectivity index (χ2n) is 5.90. The summed E-state index contributed by atoms with van der Waals surface area (Å²) in [6.45, 7) is 4.48. The van der Waals surface area contributed by atoms with E-state index in [0.717, 1.165) is 34.7 Å². The molecule has 1 atom stereocenters. The molecule has 3 heterocycles. The Morgan fingerprint density at radius 3 is 3.08 bits per heavy atom. The van der Waals surface area contributed by atoms with Crippen molar-refractivity contribution in [3.63, 3.8) is 0 Å². The zero-order chi connectivity index (χ0) is 17.8. The van der Waals surface area contributed by atoms with E-state index in [1.807, 2.05) is 53.4 Å². The van der Waals surface area contributed by atoms with Gasteiger partial charge < -0.3 is 20.1 Å². The van der Waals surface area contributed by atoms with Crippen LogP contribution in [0.2, 0.25) is 0 Å². The van der Waals surface area contributed by atoms with Crippen molar-refractivity contribution in [2.75, 3.05) is 19.7 Å². The summed E-state index contributed by atoms with van der Waals surface area (Å²) < 4.78 is 13.7. The highest BCUT2D eigenvalue weighted by Gasteiger charge is 2.20. The molecule has 4 rings (SSSR count). The van der Waals surface area contributed by atoms with E-state index in [0.29, 0.717) is 19.7 Å². The summed E-state index contributed by atoms with van der Waals surface area (Å²) in [5.41, 5.74) is 0.945. The highest BCUT2D eigenvalue weighted by molar-refractivity contribution is 7.15. The number of ether oxygens (including phenoxy) is 2. The smallest absolute Gasteiger partial charge is 0.193 e. The maximum Gasteiger partial charge on any atom is 0.193 e. The predicted octanol–water partition coefficient (Wildman–Crippen LogP) is 2.29. The number of nitrogens with zero attached hydrogens (tertiary/aromatic N) is 3. The SMILES string of the molecule is CCNC(=NCc1cn2ccsc2n1)NCC1COc2ccccc2O1. The molecule has 0 spiro atoms. The first kappa shape index (κ1) is 16.7. The van der Waals surface area contributed by atoms with Crippen molar-refractivity contribution in [1.82, 2.24) is 20.0 Å². The van der Waals surface area contributed by atoms with E-state index in [4.69, 9.17) is 9.47 Å². The van der Waals surface area contributed by atoms with Gasteiger partial charge in [-0.25, -0.2) is 9.98 Å². The van der Waals surface area contributed by atoms with Gasteiger partial charge in [0.25, 0.3) is 0 Å². The molecule has 1 unspecified atom stereocenters. The number of aromatic nitrogens is 2.